The summed E-state index contributed by atoms with van der Waals surface area (Å²) < 4.78 is 10.2. The first-order valence-electron chi connectivity index (χ1n) is 7.45. The molecule has 6 nitrogen and oxygen atoms in total. The smallest absolute Gasteiger partial charge is 0.263 e. The van der Waals surface area contributed by atoms with Crippen LogP contribution in [0.25, 0.3) is 0 Å². The molecule has 0 aliphatic heterocycles. The second kappa shape index (κ2) is 8.44. The molecule has 1 heterocycles. The van der Waals surface area contributed by atoms with Crippen molar-refractivity contribution in [2.24, 2.45) is 0 Å². The first kappa shape index (κ1) is 17.2. The van der Waals surface area contributed by atoms with E-state index in [0.29, 0.717) is 5.76 Å². The van der Waals surface area contributed by atoms with Crippen molar-refractivity contribution in [3.63, 3.8) is 0 Å². The van der Waals surface area contributed by atoms with Crippen molar-refractivity contribution < 1.29 is 13.9 Å². The first-order valence-corrected chi connectivity index (χ1v) is 7.45. The molecule has 1 amide bonds. The molecule has 2 N–H and O–H groups in total. The maximum absolute atomic E-state index is 12.0. The fourth-order valence-electron chi connectivity index (χ4n) is 2.02. The van der Waals surface area contributed by atoms with Crippen LogP contribution in [0.2, 0.25) is 0 Å². The lowest BCUT2D eigenvalue weighted by Crippen LogP contribution is -2.25. The SMILES string of the molecule is COc1ccc(C(C)N/C=C(/C#N)C(=O)NCc2ccco2)cc1. The molecule has 1 aromatic heterocycles. The lowest BCUT2D eigenvalue weighted by atomic mass is 10.1. The third-order valence-corrected chi connectivity index (χ3v) is 3.46. The Bertz CT molecular complexity index is 728. The zero-order valence-electron chi connectivity index (χ0n) is 13.6. The van der Waals surface area contributed by atoms with Gasteiger partial charge in [-0.15, -0.1) is 0 Å². The summed E-state index contributed by atoms with van der Waals surface area (Å²) in [6.07, 6.45) is 2.95. The molecule has 6 heteroatoms. The van der Waals surface area contributed by atoms with Gasteiger partial charge in [0, 0.05) is 12.2 Å². The van der Waals surface area contributed by atoms with E-state index in [9.17, 15) is 4.79 Å². The number of nitrogens with one attached hydrogen (secondary N) is 2. The van der Waals surface area contributed by atoms with Gasteiger partial charge >= 0.3 is 0 Å². The van der Waals surface area contributed by atoms with Gasteiger partial charge in [-0.05, 0) is 36.8 Å². The number of hydrogen-bond donors (Lipinski definition) is 2. The molecule has 1 atom stereocenters. The molecule has 2 rings (SSSR count). The molecule has 0 radical (unpaired) electrons. The third kappa shape index (κ3) is 4.65. The second-order valence-electron chi connectivity index (χ2n) is 5.09. The van der Waals surface area contributed by atoms with Gasteiger partial charge in [0.2, 0.25) is 0 Å². The number of rotatable bonds is 7. The zero-order valence-corrected chi connectivity index (χ0v) is 13.6. The lowest BCUT2D eigenvalue weighted by Gasteiger charge is -2.13. The lowest BCUT2D eigenvalue weighted by molar-refractivity contribution is -0.117. The average Bonchev–Trinajstić information content (AvgIpc) is 3.14. The summed E-state index contributed by atoms with van der Waals surface area (Å²) in [5.41, 5.74) is 1.02. The third-order valence-electron chi connectivity index (χ3n) is 3.46. The van der Waals surface area contributed by atoms with Gasteiger partial charge in [0.1, 0.15) is 23.2 Å². The van der Waals surface area contributed by atoms with Crippen LogP contribution in [0.1, 0.15) is 24.3 Å². The highest BCUT2D eigenvalue weighted by molar-refractivity contribution is 5.97. The number of nitriles is 1. The van der Waals surface area contributed by atoms with Crippen LogP contribution in [-0.4, -0.2) is 13.0 Å². The van der Waals surface area contributed by atoms with Gasteiger partial charge in [-0.25, -0.2) is 0 Å². The predicted octanol–water partition coefficient (Wildman–Crippen LogP) is 2.66. The van der Waals surface area contributed by atoms with Crippen LogP contribution in [0.5, 0.6) is 5.75 Å². The quantitative estimate of drug-likeness (QED) is 0.603. The van der Waals surface area contributed by atoms with Gasteiger partial charge in [0.05, 0.1) is 19.9 Å². The number of methoxy groups -OCH3 is 1. The summed E-state index contributed by atoms with van der Waals surface area (Å²) in [4.78, 5) is 12.0. The van der Waals surface area contributed by atoms with Crippen LogP contribution < -0.4 is 15.4 Å². The number of nitrogens with zero attached hydrogens (tertiary/aromatic N) is 1. The molecule has 124 valence electrons. The van der Waals surface area contributed by atoms with Gasteiger partial charge in [0.15, 0.2) is 0 Å². The second-order valence-corrected chi connectivity index (χ2v) is 5.09. The Labute approximate surface area is 140 Å². The van der Waals surface area contributed by atoms with E-state index in [-0.39, 0.29) is 18.2 Å². The number of carbonyl (C=O) groups excluding carboxylic acids is 1. The van der Waals surface area contributed by atoms with Crippen molar-refractivity contribution in [3.8, 4) is 11.8 Å². The maximum atomic E-state index is 12.0. The average molecular weight is 325 g/mol. The maximum Gasteiger partial charge on any atom is 0.263 e. The zero-order chi connectivity index (χ0) is 17.4. The number of hydrogen-bond acceptors (Lipinski definition) is 5. The van der Waals surface area contributed by atoms with E-state index < -0.39 is 5.91 Å². The van der Waals surface area contributed by atoms with E-state index >= 15 is 0 Å². The molecular weight excluding hydrogens is 306 g/mol. The van der Waals surface area contributed by atoms with Gasteiger partial charge in [0.25, 0.3) is 5.91 Å². The summed E-state index contributed by atoms with van der Waals surface area (Å²) in [7, 11) is 1.61. The summed E-state index contributed by atoms with van der Waals surface area (Å²) >= 11 is 0. The van der Waals surface area contributed by atoms with Crippen molar-refractivity contribution in [1.29, 1.82) is 5.26 Å². The Morgan fingerprint density at radius 3 is 2.71 bits per heavy atom. The van der Waals surface area contributed by atoms with E-state index in [2.05, 4.69) is 10.6 Å². The molecule has 0 bridgehead atoms. The summed E-state index contributed by atoms with van der Waals surface area (Å²) in [6.45, 7) is 2.17. The van der Waals surface area contributed by atoms with Crippen LogP contribution >= 0.6 is 0 Å². The van der Waals surface area contributed by atoms with E-state index in [1.165, 1.54) is 12.5 Å². The van der Waals surface area contributed by atoms with Crippen molar-refractivity contribution >= 4 is 5.91 Å². The highest BCUT2D eigenvalue weighted by Gasteiger charge is 2.10. The molecule has 0 saturated heterocycles. The van der Waals surface area contributed by atoms with Gasteiger partial charge in [-0.2, -0.15) is 5.26 Å². The minimum atomic E-state index is -0.455. The largest absolute Gasteiger partial charge is 0.497 e. The highest BCUT2D eigenvalue weighted by atomic mass is 16.5. The normalized spacial score (nSPS) is 12.1. The Morgan fingerprint density at radius 1 is 1.38 bits per heavy atom. The monoisotopic (exact) mass is 325 g/mol. The van der Waals surface area contributed by atoms with E-state index in [1.54, 1.807) is 19.2 Å². The first-order chi connectivity index (χ1) is 11.6. The molecule has 1 aromatic carbocycles. The summed E-state index contributed by atoms with van der Waals surface area (Å²) in [5, 5.41) is 14.8. The van der Waals surface area contributed by atoms with Crippen LogP contribution in [0.3, 0.4) is 0 Å². The molecule has 0 aliphatic rings. The molecule has 24 heavy (non-hydrogen) atoms. The van der Waals surface area contributed by atoms with Crippen molar-refractivity contribution in [3.05, 3.63) is 65.8 Å². The Kier molecular flexibility index (Phi) is 6.03. The fourth-order valence-corrected chi connectivity index (χ4v) is 2.02. The minimum absolute atomic E-state index is 0.00178. The van der Waals surface area contributed by atoms with Crippen LogP contribution in [0.4, 0.5) is 0 Å². The molecule has 1 unspecified atom stereocenters. The topological polar surface area (TPSA) is 87.3 Å². The number of amides is 1. The van der Waals surface area contributed by atoms with Crippen LogP contribution in [0, 0.1) is 11.3 Å². The fraction of sp³-hybridized carbons (Fsp3) is 0.222. The molecular formula is C18H19N3O3. The van der Waals surface area contributed by atoms with Crippen molar-refractivity contribution in [2.75, 3.05) is 7.11 Å². The van der Waals surface area contributed by atoms with Crippen molar-refractivity contribution in [1.82, 2.24) is 10.6 Å². The molecule has 0 aliphatic carbocycles. The number of ether oxygens (including phenoxy) is 1. The van der Waals surface area contributed by atoms with Crippen LogP contribution in [0.15, 0.2) is 58.9 Å². The molecule has 0 fully saturated rings. The Balaban J connectivity index is 1.93. The Hall–Kier alpha value is -3.20. The van der Waals surface area contributed by atoms with Crippen molar-refractivity contribution in [2.45, 2.75) is 19.5 Å². The van der Waals surface area contributed by atoms with Gasteiger partial charge in [-0.1, -0.05) is 12.1 Å². The number of carbonyl (C=O) groups is 1. The van der Waals surface area contributed by atoms with E-state index in [1.807, 2.05) is 37.3 Å². The number of furan rings is 1. The highest BCUT2D eigenvalue weighted by Crippen LogP contribution is 2.17. The van der Waals surface area contributed by atoms with Gasteiger partial charge in [-0.3, -0.25) is 4.79 Å². The Morgan fingerprint density at radius 2 is 2.12 bits per heavy atom. The standard InChI is InChI=1S/C18H19N3O3/c1-13(14-5-7-16(23-2)8-6-14)20-11-15(10-19)18(22)21-12-17-4-3-9-24-17/h3-9,11,13,20H,12H2,1-2H3,(H,21,22)/b15-11-. The minimum Gasteiger partial charge on any atom is -0.497 e. The summed E-state index contributed by atoms with van der Waals surface area (Å²) in [6, 6.07) is 12.9. The predicted molar refractivity (Wildman–Crippen MR) is 88.8 cm³/mol. The molecule has 0 saturated carbocycles. The van der Waals surface area contributed by atoms with E-state index in [4.69, 9.17) is 14.4 Å². The molecule has 2 aromatic rings. The summed E-state index contributed by atoms with van der Waals surface area (Å²) in [5.74, 6) is 0.944. The van der Waals surface area contributed by atoms with E-state index in [0.717, 1.165) is 11.3 Å². The number of benzene rings is 1. The van der Waals surface area contributed by atoms with Gasteiger partial charge < -0.3 is 19.8 Å². The molecule has 0 spiro atoms. The van der Waals surface area contributed by atoms with Crippen LogP contribution in [-0.2, 0) is 11.3 Å².